The largest absolute Gasteiger partial charge is 0.402 e. The van der Waals surface area contributed by atoms with Crippen molar-refractivity contribution in [1.29, 1.82) is 0 Å². The summed E-state index contributed by atoms with van der Waals surface area (Å²) in [6.45, 7) is 6.18. The second-order valence-corrected chi connectivity index (χ2v) is 8.73. The third-order valence-electron chi connectivity index (χ3n) is 6.90. The third kappa shape index (κ3) is 4.72. The van der Waals surface area contributed by atoms with E-state index in [1.54, 1.807) is 0 Å². The van der Waals surface area contributed by atoms with E-state index in [1.807, 2.05) is 11.1 Å². The van der Waals surface area contributed by atoms with Gasteiger partial charge >= 0.3 is 0 Å². The highest BCUT2D eigenvalue weighted by atomic mass is 16.2. The average molecular weight is 374 g/mol. The molecule has 27 heavy (non-hydrogen) atoms. The normalized spacial score (nSPS) is 26.9. The minimum atomic E-state index is 0.242. The molecule has 2 aliphatic carbocycles. The molecule has 0 spiro atoms. The molecule has 3 fully saturated rings. The highest BCUT2D eigenvalue weighted by Crippen LogP contribution is 2.25. The van der Waals surface area contributed by atoms with Gasteiger partial charge in [-0.05, 0) is 25.7 Å². The van der Waals surface area contributed by atoms with Crippen LogP contribution in [-0.4, -0.2) is 84.7 Å². The van der Waals surface area contributed by atoms with Crippen molar-refractivity contribution in [1.82, 2.24) is 14.7 Å². The Morgan fingerprint density at radius 1 is 1.04 bits per heavy atom. The van der Waals surface area contributed by atoms with Crippen LogP contribution >= 0.6 is 0 Å². The number of piperazine rings is 1. The zero-order valence-corrected chi connectivity index (χ0v) is 16.6. The molecule has 0 bridgehead atoms. The number of carbonyl (C=O) groups excluding carboxylic acids is 1. The van der Waals surface area contributed by atoms with Crippen LogP contribution in [0, 0.1) is 0 Å². The smallest absolute Gasteiger partial charge is 0.237 e. The van der Waals surface area contributed by atoms with Crippen molar-refractivity contribution in [2.45, 2.75) is 63.5 Å². The Kier molecular flexibility index (Phi) is 6.13. The Hall–Kier alpha value is -1.40. The van der Waals surface area contributed by atoms with E-state index in [0.717, 1.165) is 56.5 Å². The maximum Gasteiger partial charge on any atom is 0.237 e. The van der Waals surface area contributed by atoms with E-state index in [1.165, 1.54) is 44.9 Å². The van der Waals surface area contributed by atoms with Crippen LogP contribution in [0.2, 0.25) is 0 Å². The Balaban J connectivity index is 1.25. The monoisotopic (exact) mass is 373 g/mol. The molecule has 6 heteroatoms. The molecule has 2 saturated carbocycles. The van der Waals surface area contributed by atoms with Crippen molar-refractivity contribution < 1.29 is 4.79 Å². The molecule has 1 saturated heterocycles. The van der Waals surface area contributed by atoms with Crippen molar-refractivity contribution >= 4 is 12.1 Å². The third-order valence-corrected chi connectivity index (χ3v) is 6.90. The lowest BCUT2D eigenvalue weighted by Gasteiger charge is -2.43. The van der Waals surface area contributed by atoms with Crippen LogP contribution in [0.4, 0.5) is 0 Å². The van der Waals surface area contributed by atoms with Crippen molar-refractivity contribution in [2.75, 3.05) is 45.8 Å². The predicted octanol–water partition coefficient (Wildman–Crippen LogP) is 1.62. The van der Waals surface area contributed by atoms with E-state index < -0.39 is 0 Å². The number of hydrogen-bond acceptors (Lipinski definition) is 5. The molecule has 0 aromatic rings. The maximum atomic E-state index is 12.8. The van der Waals surface area contributed by atoms with Gasteiger partial charge in [-0.2, -0.15) is 0 Å². The van der Waals surface area contributed by atoms with E-state index in [4.69, 9.17) is 10.7 Å². The van der Waals surface area contributed by atoms with Gasteiger partial charge in [-0.1, -0.05) is 19.3 Å². The van der Waals surface area contributed by atoms with E-state index in [2.05, 4.69) is 9.80 Å². The molecule has 2 heterocycles. The van der Waals surface area contributed by atoms with Crippen LogP contribution in [0.3, 0.4) is 0 Å². The summed E-state index contributed by atoms with van der Waals surface area (Å²) < 4.78 is 0. The molecule has 6 nitrogen and oxygen atoms in total. The van der Waals surface area contributed by atoms with Crippen LogP contribution < -0.4 is 5.73 Å². The quantitative estimate of drug-likeness (QED) is 0.744. The minimum absolute atomic E-state index is 0.242. The summed E-state index contributed by atoms with van der Waals surface area (Å²) in [7, 11) is 0. The Morgan fingerprint density at radius 3 is 2.44 bits per heavy atom. The molecule has 4 aliphatic rings. The van der Waals surface area contributed by atoms with Crippen molar-refractivity contribution in [3.63, 3.8) is 0 Å². The van der Waals surface area contributed by atoms with Gasteiger partial charge in [0.25, 0.3) is 0 Å². The second kappa shape index (κ2) is 8.74. The SMILES string of the molecule is NC1=C(C=NC2CCCC2)CN(C(=O)CN2CCN(C3CCC3)CC2)CC1. The lowest BCUT2D eigenvalue weighted by Crippen LogP contribution is -2.54. The van der Waals surface area contributed by atoms with E-state index >= 15 is 0 Å². The number of nitrogens with two attached hydrogens (primary N) is 1. The molecule has 1 amide bonds. The van der Waals surface area contributed by atoms with Gasteiger partial charge in [0.2, 0.25) is 5.91 Å². The molecule has 0 atom stereocenters. The number of hydrogen-bond donors (Lipinski definition) is 1. The number of nitrogens with zero attached hydrogens (tertiary/aromatic N) is 4. The van der Waals surface area contributed by atoms with Crippen LogP contribution in [-0.2, 0) is 4.79 Å². The molecular formula is C21H35N5O. The molecule has 2 N–H and O–H groups in total. The summed E-state index contributed by atoms with van der Waals surface area (Å²) in [6, 6.07) is 1.28. The first-order chi connectivity index (χ1) is 13.2. The van der Waals surface area contributed by atoms with Crippen LogP contribution in [0.25, 0.3) is 0 Å². The summed E-state index contributed by atoms with van der Waals surface area (Å²) in [5, 5.41) is 0. The fourth-order valence-electron chi connectivity index (χ4n) is 4.72. The Morgan fingerprint density at radius 2 is 1.78 bits per heavy atom. The summed E-state index contributed by atoms with van der Waals surface area (Å²) in [5.74, 6) is 0.242. The maximum absolute atomic E-state index is 12.8. The minimum Gasteiger partial charge on any atom is -0.402 e. The fraction of sp³-hybridized carbons (Fsp3) is 0.810. The van der Waals surface area contributed by atoms with E-state index in [0.29, 0.717) is 19.1 Å². The Labute approximate surface area is 163 Å². The van der Waals surface area contributed by atoms with Crippen LogP contribution in [0.5, 0.6) is 0 Å². The standard InChI is InChI=1S/C21H35N5O/c22-20-8-9-26(15-17(20)14-23-18-4-1-2-5-18)21(27)16-24-10-12-25(13-11-24)19-6-3-7-19/h14,18-19H,1-13,15-16,22H2. The van der Waals surface area contributed by atoms with Crippen LogP contribution in [0.15, 0.2) is 16.3 Å². The summed E-state index contributed by atoms with van der Waals surface area (Å²) in [6.07, 6.45) is 11.8. The summed E-state index contributed by atoms with van der Waals surface area (Å²) in [4.78, 5) is 24.5. The fourth-order valence-corrected chi connectivity index (χ4v) is 4.72. The Bertz CT molecular complexity index is 583. The second-order valence-electron chi connectivity index (χ2n) is 8.73. The number of amides is 1. The lowest BCUT2D eigenvalue weighted by atomic mass is 9.91. The van der Waals surface area contributed by atoms with Gasteiger partial charge in [0.15, 0.2) is 0 Å². The molecule has 4 rings (SSSR count). The van der Waals surface area contributed by atoms with Gasteiger partial charge < -0.3 is 10.6 Å². The highest BCUT2D eigenvalue weighted by molar-refractivity contribution is 5.84. The van der Waals surface area contributed by atoms with E-state index in [9.17, 15) is 4.79 Å². The zero-order valence-electron chi connectivity index (χ0n) is 16.6. The first-order valence-electron chi connectivity index (χ1n) is 10.9. The number of rotatable bonds is 5. The van der Waals surface area contributed by atoms with Gasteiger partial charge in [-0.15, -0.1) is 0 Å². The number of aliphatic imine (C=N–C) groups is 1. The van der Waals surface area contributed by atoms with Gasteiger partial charge in [0.05, 0.1) is 6.54 Å². The zero-order chi connectivity index (χ0) is 18.6. The predicted molar refractivity (Wildman–Crippen MR) is 109 cm³/mol. The van der Waals surface area contributed by atoms with Gasteiger partial charge in [0, 0.05) is 75.3 Å². The summed E-state index contributed by atoms with van der Waals surface area (Å²) in [5.41, 5.74) is 8.17. The molecule has 150 valence electrons. The molecule has 2 aliphatic heterocycles. The molecule has 0 unspecified atom stereocenters. The molecule has 0 aromatic heterocycles. The first-order valence-corrected chi connectivity index (χ1v) is 10.9. The van der Waals surface area contributed by atoms with Crippen molar-refractivity contribution in [3.05, 3.63) is 11.3 Å². The lowest BCUT2D eigenvalue weighted by molar-refractivity contribution is -0.132. The van der Waals surface area contributed by atoms with Crippen LogP contribution in [0.1, 0.15) is 51.4 Å². The number of carbonyl (C=O) groups is 1. The summed E-state index contributed by atoms with van der Waals surface area (Å²) >= 11 is 0. The topological polar surface area (TPSA) is 65.2 Å². The van der Waals surface area contributed by atoms with E-state index in [-0.39, 0.29) is 5.91 Å². The van der Waals surface area contributed by atoms with Crippen molar-refractivity contribution in [2.24, 2.45) is 10.7 Å². The molecule has 0 aromatic carbocycles. The van der Waals surface area contributed by atoms with Gasteiger partial charge in [-0.3, -0.25) is 19.6 Å². The average Bonchev–Trinajstić information content (AvgIpc) is 3.14. The highest BCUT2D eigenvalue weighted by Gasteiger charge is 2.29. The molecule has 0 radical (unpaired) electrons. The van der Waals surface area contributed by atoms with Gasteiger partial charge in [-0.25, -0.2) is 0 Å². The molecular weight excluding hydrogens is 338 g/mol. The first kappa shape index (κ1) is 18.9. The van der Waals surface area contributed by atoms with Gasteiger partial charge in [0.1, 0.15) is 0 Å². The van der Waals surface area contributed by atoms with Crippen molar-refractivity contribution in [3.8, 4) is 0 Å².